The Morgan fingerprint density at radius 1 is 0.857 bits per heavy atom. The van der Waals surface area contributed by atoms with Crippen LogP contribution in [-0.2, 0) is 0 Å². The van der Waals surface area contributed by atoms with Crippen LogP contribution >= 0.6 is 0 Å². The predicted octanol–water partition coefficient (Wildman–Crippen LogP) is -5.37. The van der Waals surface area contributed by atoms with Gasteiger partial charge in [-0.3, -0.25) is 4.70 Å². The molecule has 7 heavy (non-hydrogen) atoms. The summed E-state index contributed by atoms with van der Waals surface area (Å²) in [5, 5.41) is 0. The largest absolute Gasteiger partial charge is 0.894 e. The third-order valence-corrected chi connectivity index (χ3v) is 0. The minimum Gasteiger partial charge on any atom is -0.894 e. The van der Waals surface area contributed by atoms with Crippen LogP contribution in [0.3, 0.4) is 0 Å². The summed E-state index contributed by atoms with van der Waals surface area (Å²) in [5.74, 6) is 0. The van der Waals surface area contributed by atoms with Gasteiger partial charge in [0.25, 0.3) is 0 Å². The van der Waals surface area contributed by atoms with Crippen molar-refractivity contribution in [2.45, 2.75) is 0 Å². The van der Waals surface area contributed by atoms with Crippen LogP contribution < -0.4 is 19.2 Å². The Hall–Kier alpha value is 0.909. The predicted molar refractivity (Wildman–Crippen MR) is 14.0 cm³/mol. The van der Waals surface area contributed by atoms with Gasteiger partial charge in [0.05, 0.1) is 0 Å². The molecular formula is HFO4PbSi-4. The minimum atomic E-state index is -5.61. The van der Waals surface area contributed by atoms with E-state index in [1.54, 1.807) is 0 Å². The van der Waals surface area contributed by atoms with Crippen LogP contribution in [0.25, 0.3) is 0 Å². The van der Waals surface area contributed by atoms with E-state index in [9.17, 15) is 0 Å². The molecule has 0 aromatic rings. The molecule has 0 N–H and O–H groups in total. The fourth-order valence-corrected chi connectivity index (χ4v) is 0. The molecule has 0 aliphatic carbocycles. The zero-order valence-electron chi connectivity index (χ0n) is 3.04. The molecule has 0 saturated heterocycles. The molecule has 0 fully saturated rings. The van der Waals surface area contributed by atoms with E-state index in [1.165, 1.54) is 0 Å². The van der Waals surface area contributed by atoms with Gasteiger partial charge in [0, 0.05) is 27.3 Å². The molecule has 0 atom stereocenters. The Balaban J connectivity index is -0.0000000800. The molecule has 0 aliphatic heterocycles. The molecular weight excluding hydrogens is 318 g/mol. The second kappa shape index (κ2) is 5.05. The second-order valence-corrected chi connectivity index (χ2v) is 1.50. The summed E-state index contributed by atoms with van der Waals surface area (Å²) in [6.45, 7) is 0. The SMILES string of the molecule is F.[O-][Si]([O-])([O-])[O-].[Pb]. The fraction of sp³-hybridized carbons (Fsp3) is 0. The van der Waals surface area contributed by atoms with Crippen LogP contribution in [0.4, 0.5) is 4.70 Å². The van der Waals surface area contributed by atoms with Crippen molar-refractivity contribution in [1.82, 2.24) is 0 Å². The van der Waals surface area contributed by atoms with Crippen LogP contribution in [0.1, 0.15) is 0 Å². The molecule has 0 aromatic carbocycles. The van der Waals surface area contributed by atoms with Crippen LogP contribution in [0.2, 0.25) is 0 Å². The van der Waals surface area contributed by atoms with E-state index in [-0.39, 0.29) is 32.0 Å². The second-order valence-electron chi connectivity index (χ2n) is 0.500. The third kappa shape index (κ3) is 202. The number of halogens is 1. The monoisotopic (exact) mass is 320 g/mol. The first kappa shape index (κ1) is 15.7. The van der Waals surface area contributed by atoms with E-state index in [2.05, 4.69) is 0 Å². The normalized spacial score (nSPS) is 8.57. The Kier molecular flexibility index (Phi) is 11.3. The summed E-state index contributed by atoms with van der Waals surface area (Å²) < 4.78 is 0. The molecule has 0 aliphatic rings. The Bertz CT molecular complexity index is 27.2. The summed E-state index contributed by atoms with van der Waals surface area (Å²) in [7, 11) is -5.61. The van der Waals surface area contributed by atoms with Crippen molar-refractivity contribution in [3.8, 4) is 0 Å². The Morgan fingerprint density at radius 3 is 0.857 bits per heavy atom. The van der Waals surface area contributed by atoms with Gasteiger partial charge in [-0.15, -0.1) is 0 Å². The van der Waals surface area contributed by atoms with Crippen molar-refractivity contribution >= 4 is 36.3 Å². The number of hydrogen-bond donors (Lipinski definition) is 0. The summed E-state index contributed by atoms with van der Waals surface area (Å²) in [6.07, 6.45) is 0. The van der Waals surface area contributed by atoms with Gasteiger partial charge < -0.3 is 28.2 Å². The maximum atomic E-state index is 8.58. The first-order valence-electron chi connectivity index (χ1n) is 0.816. The average molecular weight is 319 g/mol. The smallest absolute Gasteiger partial charge is 0 e. The first-order valence-corrected chi connectivity index (χ1v) is 2.45. The molecule has 4 radical (unpaired) electrons. The van der Waals surface area contributed by atoms with Gasteiger partial charge in [0.1, 0.15) is 0 Å². The van der Waals surface area contributed by atoms with Crippen LogP contribution in [0, 0.1) is 0 Å². The number of rotatable bonds is 0. The summed E-state index contributed by atoms with van der Waals surface area (Å²) >= 11 is 0. The molecule has 0 spiro atoms. The van der Waals surface area contributed by atoms with Gasteiger partial charge in [-0.2, -0.15) is 0 Å². The van der Waals surface area contributed by atoms with E-state index >= 15 is 0 Å². The third-order valence-electron chi connectivity index (χ3n) is 0. The Morgan fingerprint density at radius 2 is 0.857 bits per heavy atom. The molecule has 7 heteroatoms. The van der Waals surface area contributed by atoms with Gasteiger partial charge in [-0.25, -0.2) is 0 Å². The van der Waals surface area contributed by atoms with E-state index in [0.717, 1.165) is 0 Å². The van der Waals surface area contributed by atoms with Gasteiger partial charge in [-0.05, 0) is 0 Å². The van der Waals surface area contributed by atoms with E-state index in [0.29, 0.717) is 0 Å². The maximum absolute atomic E-state index is 8.58. The fourth-order valence-electron chi connectivity index (χ4n) is 0. The molecule has 0 amide bonds. The van der Waals surface area contributed by atoms with Gasteiger partial charge >= 0.3 is 0 Å². The van der Waals surface area contributed by atoms with Crippen molar-refractivity contribution in [2.75, 3.05) is 0 Å². The number of hydrogen-bond acceptors (Lipinski definition) is 4. The van der Waals surface area contributed by atoms with Gasteiger partial charge in [0.15, 0.2) is 0 Å². The maximum Gasteiger partial charge on any atom is 0 e. The Labute approximate surface area is 60.4 Å². The van der Waals surface area contributed by atoms with Crippen molar-refractivity contribution in [3.05, 3.63) is 0 Å². The molecule has 0 bridgehead atoms. The van der Waals surface area contributed by atoms with Crippen molar-refractivity contribution in [3.63, 3.8) is 0 Å². The quantitative estimate of drug-likeness (QED) is 0.417. The van der Waals surface area contributed by atoms with Gasteiger partial charge in [-0.1, -0.05) is 0 Å². The van der Waals surface area contributed by atoms with Gasteiger partial charge in [0.2, 0.25) is 0 Å². The topological polar surface area (TPSA) is 92.2 Å². The molecule has 0 unspecified atom stereocenters. The zero-order valence-corrected chi connectivity index (χ0v) is 7.93. The zero-order chi connectivity index (χ0) is 4.50. The molecule has 44 valence electrons. The summed E-state index contributed by atoms with van der Waals surface area (Å²) in [6, 6.07) is 0. The molecule has 0 saturated carbocycles. The van der Waals surface area contributed by atoms with E-state index in [1.807, 2.05) is 0 Å². The molecule has 0 rings (SSSR count). The van der Waals surface area contributed by atoms with Crippen LogP contribution in [0.15, 0.2) is 0 Å². The molecule has 0 aromatic heterocycles. The average Bonchev–Trinajstić information content (AvgIpc) is 0.722. The first-order chi connectivity index (χ1) is 2.00. The molecule has 0 heterocycles. The van der Waals surface area contributed by atoms with Crippen molar-refractivity contribution in [2.24, 2.45) is 0 Å². The summed E-state index contributed by atoms with van der Waals surface area (Å²) in [5.41, 5.74) is 0. The van der Waals surface area contributed by atoms with Crippen LogP contribution in [-0.4, -0.2) is 36.3 Å². The van der Waals surface area contributed by atoms with E-state index in [4.69, 9.17) is 19.2 Å². The minimum absolute atomic E-state index is 0. The van der Waals surface area contributed by atoms with E-state index < -0.39 is 9.05 Å². The standard InChI is InChI=1S/FH.O4Si.Pb/c;1-5(2,3)4;/h1H;;/q;-4;. The molecule has 4 nitrogen and oxygen atoms in total. The van der Waals surface area contributed by atoms with Crippen LogP contribution in [0.5, 0.6) is 0 Å². The summed E-state index contributed by atoms with van der Waals surface area (Å²) in [4.78, 5) is 34.3. The van der Waals surface area contributed by atoms with Crippen molar-refractivity contribution < 1.29 is 23.9 Å². The van der Waals surface area contributed by atoms with Crippen molar-refractivity contribution in [1.29, 1.82) is 0 Å².